The number of fused-ring (bicyclic) bond motifs is 1. The number of aromatic nitrogens is 2. The normalized spacial score (nSPS) is 12.7. The zero-order chi connectivity index (χ0) is 15.7. The lowest BCUT2D eigenvalue weighted by Gasteiger charge is -2.15. The van der Waals surface area contributed by atoms with Crippen LogP contribution in [0.4, 0.5) is 8.78 Å². The lowest BCUT2D eigenvalue weighted by Crippen LogP contribution is -2.24. The van der Waals surface area contributed by atoms with Crippen LogP contribution in [0.15, 0.2) is 40.8 Å². The molecular weight excluding hydrogens is 310 g/mol. The quantitative estimate of drug-likeness (QED) is 0.741. The summed E-state index contributed by atoms with van der Waals surface area (Å²) in [5, 5.41) is 1.96. The smallest absolute Gasteiger partial charge is 0.261 e. The molecule has 0 spiro atoms. The van der Waals surface area contributed by atoms with Gasteiger partial charge in [0.1, 0.15) is 6.10 Å². The van der Waals surface area contributed by atoms with Gasteiger partial charge in [0.25, 0.3) is 5.56 Å². The van der Waals surface area contributed by atoms with Crippen molar-refractivity contribution in [2.75, 3.05) is 7.11 Å². The maximum absolute atomic E-state index is 13.3. The van der Waals surface area contributed by atoms with Crippen LogP contribution in [0.2, 0.25) is 0 Å². The minimum atomic E-state index is -1.06. The van der Waals surface area contributed by atoms with Crippen LogP contribution in [0.25, 0.3) is 10.9 Å². The number of thiophene rings is 1. The van der Waals surface area contributed by atoms with E-state index in [0.717, 1.165) is 17.0 Å². The minimum Gasteiger partial charge on any atom is -0.374 e. The first-order valence-corrected chi connectivity index (χ1v) is 7.38. The zero-order valence-corrected chi connectivity index (χ0v) is 12.4. The highest BCUT2D eigenvalue weighted by atomic mass is 32.1. The van der Waals surface area contributed by atoms with Crippen LogP contribution in [-0.2, 0) is 11.3 Å². The van der Waals surface area contributed by atoms with Crippen molar-refractivity contribution in [1.82, 2.24) is 9.55 Å². The largest absolute Gasteiger partial charge is 0.374 e. The van der Waals surface area contributed by atoms with E-state index in [4.69, 9.17) is 4.74 Å². The van der Waals surface area contributed by atoms with E-state index in [1.807, 2.05) is 17.5 Å². The second-order valence-electron chi connectivity index (χ2n) is 4.73. The Balaban J connectivity index is 2.03. The molecule has 22 heavy (non-hydrogen) atoms. The van der Waals surface area contributed by atoms with Crippen LogP contribution in [0.5, 0.6) is 0 Å². The maximum Gasteiger partial charge on any atom is 0.261 e. The molecule has 0 fully saturated rings. The molecule has 0 aliphatic rings. The number of methoxy groups -OCH3 is 1. The average Bonchev–Trinajstić information content (AvgIpc) is 3.03. The van der Waals surface area contributed by atoms with Gasteiger partial charge >= 0.3 is 0 Å². The molecular formula is C15H12F2N2O2S. The Morgan fingerprint density at radius 3 is 2.82 bits per heavy atom. The molecule has 114 valence electrons. The number of nitrogens with zero attached hydrogens (tertiary/aromatic N) is 2. The highest BCUT2D eigenvalue weighted by molar-refractivity contribution is 7.10. The van der Waals surface area contributed by atoms with Gasteiger partial charge in [-0.1, -0.05) is 6.07 Å². The first-order valence-electron chi connectivity index (χ1n) is 6.50. The Morgan fingerprint density at radius 1 is 1.36 bits per heavy atom. The predicted octanol–water partition coefficient (Wildman–Crippen LogP) is 3.12. The summed E-state index contributed by atoms with van der Waals surface area (Å²) in [6.45, 7) is 0.248. The van der Waals surface area contributed by atoms with Gasteiger partial charge in [-0.15, -0.1) is 11.3 Å². The van der Waals surface area contributed by atoms with Crippen molar-refractivity contribution in [1.29, 1.82) is 0 Å². The predicted molar refractivity (Wildman–Crippen MR) is 80.0 cm³/mol. The fourth-order valence-electron chi connectivity index (χ4n) is 2.22. The molecule has 3 aromatic rings. The first kappa shape index (κ1) is 14.8. The molecule has 0 radical (unpaired) electrons. The lowest BCUT2D eigenvalue weighted by molar-refractivity contribution is 0.0897. The lowest BCUT2D eigenvalue weighted by atomic mass is 10.2. The van der Waals surface area contributed by atoms with Gasteiger partial charge in [-0.25, -0.2) is 13.8 Å². The highest BCUT2D eigenvalue weighted by Gasteiger charge is 2.15. The summed E-state index contributed by atoms with van der Waals surface area (Å²) in [5.74, 6) is -2.09. The second kappa shape index (κ2) is 5.94. The third-order valence-electron chi connectivity index (χ3n) is 3.37. The Hall–Kier alpha value is -2.12. The van der Waals surface area contributed by atoms with Crippen LogP contribution in [0.1, 0.15) is 11.0 Å². The van der Waals surface area contributed by atoms with E-state index >= 15 is 0 Å². The highest BCUT2D eigenvalue weighted by Crippen LogP contribution is 2.23. The summed E-state index contributed by atoms with van der Waals surface area (Å²) in [6.07, 6.45) is 1.02. The van der Waals surface area contributed by atoms with Crippen molar-refractivity contribution in [3.05, 3.63) is 62.8 Å². The summed E-state index contributed by atoms with van der Waals surface area (Å²) in [7, 11) is 1.55. The Kier molecular flexibility index (Phi) is 4.00. The van der Waals surface area contributed by atoms with Crippen molar-refractivity contribution in [3.63, 3.8) is 0 Å². The molecule has 0 saturated carbocycles. The Labute approximate surface area is 128 Å². The van der Waals surface area contributed by atoms with Crippen LogP contribution < -0.4 is 5.56 Å². The van der Waals surface area contributed by atoms with Crippen molar-refractivity contribution >= 4 is 22.2 Å². The van der Waals surface area contributed by atoms with Crippen LogP contribution in [0, 0.1) is 11.6 Å². The van der Waals surface area contributed by atoms with Gasteiger partial charge in [0, 0.05) is 18.1 Å². The van der Waals surface area contributed by atoms with Gasteiger partial charge < -0.3 is 4.74 Å². The molecule has 0 aliphatic heterocycles. The standard InChI is InChI=1S/C15H12F2N2O2S/c1-21-13(14-3-2-4-22-14)7-19-8-18-12-6-11(17)10(16)5-9(12)15(19)20/h2-6,8,13H,7H2,1H3/t13-/m1/s1. The van der Waals surface area contributed by atoms with Gasteiger partial charge in [0.2, 0.25) is 0 Å². The third kappa shape index (κ3) is 2.65. The van der Waals surface area contributed by atoms with Crippen molar-refractivity contribution in [2.24, 2.45) is 0 Å². The summed E-state index contributed by atoms with van der Waals surface area (Å²) in [6, 6.07) is 5.60. The van der Waals surface area contributed by atoms with E-state index in [1.165, 1.54) is 22.2 Å². The van der Waals surface area contributed by atoms with Gasteiger partial charge in [0.15, 0.2) is 11.6 Å². The molecule has 0 unspecified atom stereocenters. The van der Waals surface area contributed by atoms with E-state index in [0.29, 0.717) is 0 Å². The molecule has 0 amide bonds. The molecule has 0 aliphatic carbocycles. The molecule has 0 N–H and O–H groups in total. The molecule has 1 aromatic carbocycles. The maximum atomic E-state index is 13.3. The molecule has 2 aromatic heterocycles. The van der Waals surface area contributed by atoms with E-state index in [2.05, 4.69) is 4.98 Å². The zero-order valence-electron chi connectivity index (χ0n) is 11.6. The van der Waals surface area contributed by atoms with Crippen LogP contribution in [0.3, 0.4) is 0 Å². The first-order chi connectivity index (χ1) is 10.6. The van der Waals surface area contributed by atoms with Crippen molar-refractivity contribution < 1.29 is 13.5 Å². The third-order valence-corrected chi connectivity index (χ3v) is 4.34. The number of rotatable bonds is 4. The number of benzene rings is 1. The van der Waals surface area contributed by atoms with Crippen LogP contribution >= 0.6 is 11.3 Å². The Bertz CT molecular complexity index is 862. The van der Waals surface area contributed by atoms with Gasteiger partial charge in [-0.05, 0) is 17.5 Å². The summed E-state index contributed by atoms with van der Waals surface area (Å²) in [4.78, 5) is 17.4. The molecule has 3 rings (SSSR count). The summed E-state index contributed by atoms with van der Waals surface area (Å²) < 4.78 is 33.3. The van der Waals surface area contributed by atoms with E-state index in [-0.39, 0.29) is 23.6 Å². The van der Waals surface area contributed by atoms with E-state index < -0.39 is 17.2 Å². The molecule has 4 nitrogen and oxygen atoms in total. The second-order valence-corrected chi connectivity index (χ2v) is 5.70. The number of halogens is 2. The summed E-state index contributed by atoms with van der Waals surface area (Å²) >= 11 is 1.52. The monoisotopic (exact) mass is 322 g/mol. The fourth-order valence-corrected chi connectivity index (χ4v) is 3.01. The average molecular weight is 322 g/mol. The number of hydrogen-bond donors (Lipinski definition) is 0. The van der Waals surface area contributed by atoms with E-state index in [9.17, 15) is 13.6 Å². The van der Waals surface area contributed by atoms with Crippen molar-refractivity contribution in [3.8, 4) is 0 Å². The number of hydrogen-bond acceptors (Lipinski definition) is 4. The molecule has 2 heterocycles. The topological polar surface area (TPSA) is 44.1 Å². The number of ether oxygens (including phenoxy) is 1. The SMILES string of the molecule is CO[C@H](Cn1cnc2cc(F)c(F)cc2c1=O)c1cccs1. The molecule has 7 heteroatoms. The molecule has 0 bridgehead atoms. The molecule has 0 saturated heterocycles. The van der Waals surface area contributed by atoms with Crippen molar-refractivity contribution in [2.45, 2.75) is 12.6 Å². The fraction of sp³-hybridized carbons (Fsp3) is 0.200. The Morgan fingerprint density at radius 2 is 2.14 bits per heavy atom. The van der Waals surface area contributed by atoms with E-state index in [1.54, 1.807) is 7.11 Å². The van der Waals surface area contributed by atoms with Gasteiger partial charge in [-0.2, -0.15) is 0 Å². The summed E-state index contributed by atoms with van der Waals surface area (Å²) in [5.41, 5.74) is -0.298. The van der Waals surface area contributed by atoms with Gasteiger partial charge in [-0.3, -0.25) is 9.36 Å². The van der Waals surface area contributed by atoms with Gasteiger partial charge in [0.05, 0.1) is 23.8 Å². The molecule has 1 atom stereocenters. The van der Waals surface area contributed by atoms with Crippen LogP contribution in [-0.4, -0.2) is 16.7 Å². The minimum absolute atomic E-state index is 0.0439.